The van der Waals surface area contributed by atoms with Crippen molar-refractivity contribution in [2.24, 2.45) is 5.41 Å². The fraction of sp³-hybridized carbons (Fsp3) is 0.500. The van der Waals surface area contributed by atoms with E-state index in [2.05, 4.69) is 0 Å². The summed E-state index contributed by atoms with van der Waals surface area (Å²) in [5, 5.41) is -0.821. The van der Waals surface area contributed by atoms with Crippen molar-refractivity contribution in [3.8, 4) is 0 Å². The largest absolute Gasteiger partial charge is 0.207 e. The fourth-order valence-electron chi connectivity index (χ4n) is 1.37. The van der Waals surface area contributed by atoms with Crippen LogP contribution in [0.15, 0.2) is 12.1 Å². The SMILES string of the molecule is CCC(C)(C)C(Cl)c1c(F)cc(F)cc1F. The van der Waals surface area contributed by atoms with Gasteiger partial charge in [-0.3, -0.25) is 0 Å². The summed E-state index contributed by atoms with van der Waals surface area (Å²) < 4.78 is 39.7. The van der Waals surface area contributed by atoms with Gasteiger partial charge in [0.05, 0.1) is 5.38 Å². The normalized spacial score (nSPS) is 13.9. The molecule has 0 nitrogen and oxygen atoms in total. The number of benzene rings is 1. The van der Waals surface area contributed by atoms with Crippen molar-refractivity contribution >= 4 is 11.6 Å². The summed E-state index contributed by atoms with van der Waals surface area (Å²) in [4.78, 5) is 0. The molecule has 0 aliphatic rings. The molecule has 0 saturated heterocycles. The van der Waals surface area contributed by atoms with Crippen LogP contribution in [0.2, 0.25) is 0 Å². The topological polar surface area (TPSA) is 0 Å². The Morgan fingerprint density at radius 3 is 2.00 bits per heavy atom. The Bertz CT molecular complexity index is 365. The van der Waals surface area contributed by atoms with Gasteiger partial charge in [-0.05, 0) is 11.8 Å². The highest BCUT2D eigenvalue weighted by Crippen LogP contribution is 2.43. The lowest BCUT2D eigenvalue weighted by molar-refractivity contribution is 0.323. The molecule has 1 aromatic carbocycles. The average molecular weight is 251 g/mol. The molecule has 1 rings (SSSR count). The van der Waals surface area contributed by atoms with Gasteiger partial charge in [-0.1, -0.05) is 20.8 Å². The van der Waals surface area contributed by atoms with Crippen LogP contribution >= 0.6 is 11.6 Å². The van der Waals surface area contributed by atoms with Crippen molar-refractivity contribution in [2.45, 2.75) is 32.6 Å². The van der Waals surface area contributed by atoms with Gasteiger partial charge in [0, 0.05) is 17.7 Å². The molecule has 0 aliphatic carbocycles. The number of hydrogen-bond donors (Lipinski definition) is 0. The van der Waals surface area contributed by atoms with E-state index in [1.165, 1.54) is 0 Å². The van der Waals surface area contributed by atoms with Gasteiger partial charge < -0.3 is 0 Å². The standard InChI is InChI=1S/C12H14ClF3/c1-4-12(2,3)11(13)10-8(15)5-7(14)6-9(10)16/h5-6,11H,4H2,1-3H3. The molecule has 0 heterocycles. The molecule has 1 atom stereocenters. The van der Waals surface area contributed by atoms with E-state index in [1.807, 2.05) is 20.8 Å². The number of halogens is 4. The summed E-state index contributed by atoms with van der Waals surface area (Å²) in [6.45, 7) is 5.51. The first-order chi connectivity index (χ1) is 7.29. The quantitative estimate of drug-likeness (QED) is 0.675. The molecule has 0 aliphatic heterocycles. The predicted molar refractivity (Wildman–Crippen MR) is 59.0 cm³/mol. The predicted octanol–water partition coefficient (Wildman–Crippen LogP) is 4.82. The van der Waals surface area contributed by atoms with Crippen LogP contribution in [0, 0.1) is 22.9 Å². The van der Waals surface area contributed by atoms with Crippen molar-refractivity contribution < 1.29 is 13.2 Å². The summed E-state index contributed by atoms with van der Waals surface area (Å²) in [5.74, 6) is -2.80. The first-order valence-corrected chi connectivity index (χ1v) is 5.51. The Morgan fingerprint density at radius 1 is 1.19 bits per heavy atom. The number of hydrogen-bond acceptors (Lipinski definition) is 0. The van der Waals surface area contributed by atoms with E-state index in [0.717, 1.165) is 0 Å². The van der Waals surface area contributed by atoms with E-state index in [9.17, 15) is 13.2 Å². The number of rotatable bonds is 3. The minimum Gasteiger partial charge on any atom is -0.207 e. The monoisotopic (exact) mass is 250 g/mol. The molecule has 0 N–H and O–H groups in total. The zero-order valence-electron chi connectivity index (χ0n) is 9.45. The number of alkyl halides is 1. The molecule has 0 amide bonds. The van der Waals surface area contributed by atoms with E-state index in [0.29, 0.717) is 18.6 Å². The Labute approximate surface area is 98.4 Å². The van der Waals surface area contributed by atoms with Crippen LogP contribution in [0.4, 0.5) is 13.2 Å². The van der Waals surface area contributed by atoms with Gasteiger partial charge in [-0.2, -0.15) is 0 Å². The van der Waals surface area contributed by atoms with Gasteiger partial charge in [0.15, 0.2) is 0 Å². The third kappa shape index (κ3) is 2.51. The summed E-state index contributed by atoms with van der Waals surface area (Å²) >= 11 is 6.06. The molecule has 0 spiro atoms. The zero-order chi connectivity index (χ0) is 12.5. The second-order valence-corrected chi connectivity index (χ2v) is 4.92. The Balaban J connectivity index is 3.24. The average Bonchev–Trinajstić information content (AvgIpc) is 2.15. The summed E-state index contributed by atoms with van der Waals surface area (Å²) in [6, 6.07) is 1.30. The van der Waals surface area contributed by atoms with Crippen LogP contribution in [0.25, 0.3) is 0 Å². The van der Waals surface area contributed by atoms with Crippen LogP contribution in [-0.2, 0) is 0 Å². The Kier molecular flexibility index (Phi) is 3.89. The van der Waals surface area contributed by atoms with Gasteiger partial charge in [0.1, 0.15) is 17.5 Å². The van der Waals surface area contributed by atoms with Crippen LogP contribution in [0.1, 0.15) is 38.1 Å². The molecular weight excluding hydrogens is 237 g/mol. The van der Waals surface area contributed by atoms with Crippen molar-refractivity contribution in [1.82, 2.24) is 0 Å². The maximum atomic E-state index is 13.5. The molecule has 1 aromatic rings. The minimum absolute atomic E-state index is 0.255. The van der Waals surface area contributed by atoms with Crippen molar-refractivity contribution in [2.75, 3.05) is 0 Å². The fourth-order valence-corrected chi connectivity index (χ4v) is 1.73. The van der Waals surface area contributed by atoms with Gasteiger partial charge >= 0.3 is 0 Å². The summed E-state index contributed by atoms with van der Waals surface area (Å²) in [6.07, 6.45) is 0.664. The summed E-state index contributed by atoms with van der Waals surface area (Å²) in [5.41, 5.74) is -0.712. The highest BCUT2D eigenvalue weighted by atomic mass is 35.5. The summed E-state index contributed by atoms with van der Waals surface area (Å²) in [7, 11) is 0. The van der Waals surface area contributed by atoms with Crippen molar-refractivity contribution in [3.05, 3.63) is 35.1 Å². The zero-order valence-corrected chi connectivity index (χ0v) is 10.2. The lowest BCUT2D eigenvalue weighted by Gasteiger charge is -2.29. The smallest absolute Gasteiger partial charge is 0.133 e. The molecule has 0 saturated carbocycles. The molecule has 0 radical (unpaired) electrons. The third-order valence-corrected chi connectivity index (χ3v) is 3.70. The van der Waals surface area contributed by atoms with E-state index in [-0.39, 0.29) is 5.56 Å². The van der Waals surface area contributed by atoms with Gasteiger partial charge in [-0.15, -0.1) is 11.6 Å². The first kappa shape index (κ1) is 13.4. The van der Waals surface area contributed by atoms with Gasteiger partial charge in [0.25, 0.3) is 0 Å². The molecule has 16 heavy (non-hydrogen) atoms. The van der Waals surface area contributed by atoms with Crippen LogP contribution < -0.4 is 0 Å². The van der Waals surface area contributed by atoms with E-state index >= 15 is 0 Å². The molecule has 4 heteroatoms. The van der Waals surface area contributed by atoms with E-state index in [1.54, 1.807) is 0 Å². The van der Waals surface area contributed by atoms with Gasteiger partial charge in [0.2, 0.25) is 0 Å². The van der Waals surface area contributed by atoms with E-state index in [4.69, 9.17) is 11.6 Å². The lowest BCUT2D eigenvalue weighted by atomic mass is 9.82. The minimum atomic E-state index is -0.933. The van der Waals surface area contributed by atoms with Crippen molar-refractivity contribution in [3.63, 3.8) is 0 Å². The highest BCUT2D eigenvalue weighted by molar-refractivity contribution is 6.21. The van der Waals surface area contributed by atoms with Gasteiger partial charge in [-0.25, -0.2) is 13.2 Å². The third-order valence-electron chi connectivity index (χ3n) is 2.89. The van der Waals surface area contributed by atoms with Crippen LogP contribution in [0.3, 0.4) is 0 Å². The molecule has 1 unspecified atom stereocenters. The van der Waals surface area contributed by atoms with Crippen LogP contribution in [0.5, 0.6) is 0 Å². The van der Waals surface area contributed by atoms with Crippen molar-refractivity contribution in [1.29, 1.82) is 0 Å². The second kappa shape index (κ2) is 4.66. The molecule has 0 fully saturated rings. The Morgan fingerprint density at radius 2 is 1.62 bits per heavy atom. The molecule has 90 valence electrons. The lowest BCUT2D eigenvalue weighted by Crippen LogP contribution is -2.19. The van der Waals surface area contributed by atoms with E-state index < -0.39 is 28.2 Å². The van der Waals surface area contributed by atoms with Crippen LogP contribution in [-0.4, -0.2) is 0 Å². The first-order valence-electron chi connectivity index (χ1n) is 5.08. The highest BCUT2D eigenvalue weighted by Gasteiger charge is 2.32. The molecule has 0 bridgehead atoms. The molecular formula is C12H14ClF3. The molecule has 0 aromatic heterocycles. The second-order valence-electron chi connectivity index (χ2n) is 4.49. The Hall–Kier alpha value is -0.700. The maximum Gasteiger partial charge on any atom is 0.133 e. The maximum absolute atomic E-state index is 13.5.